The van der Waals surface area contributed by atoms with Gasteiger partial charge in [-0.25, -0.2) is 9.98 Å². The van der Waals surface area contributed by atoms with Crippen LogP contribution in [0.5, 0.6) is 5.75 Å². The molecule has 6 heteroatoms. The van der Waals surface area contributed by atoms with E-state index in [2.05, 4.69) is 34.2 Å². The molecule has 0 bridgehead atoms. The second-order valence-corrected chi connectivity index (χ2v) is 8.18. The van der Waals surface area contributed by atoms with Crippen molar-refractivity contribution in [3.8, 4) is 5.75 Å². The quantitative estimate of drug-likeness (QED) is 0.620. The van der Waals surface area contributed by atoms with Crippen molar-refractivity contribution < 1.29 is 9.26 Å². The highest BCUT2D eigenvalue weighted by Gasteiger charge is 2.26. The van der Waals surface area contributed by atoms with Crippen molar-refractivity contribution >= 4 is 17.5 Å². The van der Waals surface area contributed by atoms with Crippen LogP contribution in [0.1, 0.15) is 55.8 Å². The molecule has 0 radical (unpaired) electrons. The van der Waals surface area contributed by atoms with Gasteiger partial charge in [0.15, 0.2) is 5.35 Å². The molecule has 3 aromatic rings. The normalized spacial score (nSPS) is 17.5. The lowest BCUT2D eigenvalue weighted by Crippen LogP contribution is -2.49. The number of aromatic nitrogens is 2. The summed E-state index contributed by atoms with van der Waals surface area (Å²) in [4.78, 5) is 8.40. The molecule has 0 spiro atoms. The first-order valence-electron chi connectivity index (χ1n) is 9.72. The number of ether oxygens (including phenoxy) is 1. The molecule has 1 unspecified atom stereocenters. The number of nitrogens with zero attached hydrogens (tertiary/aromatic N) is 3. The standard InChI is InChI=1S/C21H23N3O2S/c1-2-4-15(5-3-1)10-19(24-20-11-22-21(20)26-24)16-6-8-18(9-7-16)25-12-17-13-27-14-23-17/h6-9,11,13-15,19H,1-5,10,12H2. The molecule has 0 saturated heterocycles. The van der Waals surface area contributed by atoms with Crippen molar-refractivity contribution in [2.45, 2.75) is 51.2 Å². The van der Waals surface area contributed by atoms with Gasteiger partial charge in [-0.15, -0.1) is 11.3 Å². The van der Waals surface area contributed by atoms with Crippen LogP contribution in [0.3, 0.4) is 0 Å². The predicted molar refractivity (Wildman–Crippen MR) is 104 cm³/mol. The molecular weight excluding hydrogens is 358 g/mol. The van der Waals surface area contributed by atoms with Crippen molar-refractivity contribution in [1.29, 1.82) is 0 Å². The van der Waals surface area contributed by atoms with Crippen LogP contribution in [0.15, 0.2) is 44.7 Å². The Morgan fingerprint density at radius 3 is 2.67 bits per heavy atom. The first-order valence-corrected chi connectivity index (χ1v) is 10.7. The molecular formula is C21H23N3O2S. The zero-order chi connectivity index (χ0) is 18.1. The fourth-order valence-corrected chi connectivity index (χ4v) is 4.63. The van der Waals surface area contributed by atoms with E-state index in [1.807, 2.05) is 21.8 Å². The van der Waals surface area contributed by atoms with Crippen LogP contribution in [-0.2, 0) is 6.61 Å². The van der Waals surface area contributed by atoms with Gasteiger partial charge in [0, 0.05) is 5.38 Å². The predicted octanol–water partition coefficient (Wildman–Crippen LogP) is 4.05. The third kappa shape index (κ3) is 3.46. The van der Waals surface area contributed by atoms with Crippen molar-refractivity contribution in [3.05, 3.63) is 57.3 Å². The lowest BCUT2D eigenvalue weighted by Gasteiger charge is -2.29. The van der Waals surface area contributed by atoms with Crippen molar-refractivity contribution in [2.24, 2.45) is 10.9 Å². The fraction of sp³-hybridized carbons (Fsp3) is 0.429. The summed E-state index contributed by atoms with van der Waals surface area (Å²) in [5.41, 5.74) is 4.86. The van der Waals surface area contributed by atoms with Gasteiger partial charge < -0.3 is 9.26 Å². The Morgan fingerprint density at radius 2 is 2.04 bits per heavy atom. The van der Waals surface area contributed by atoms with Crippen LogP contribution in [0.2, 0.25) is 0 Å². The molecule has 1 atom stereocenters. The molecule has 1 aliphatic carbocycles. The average molecular weight is 382 g/mol. The number of fused-ring (bicyclic) bond motifs is 1. The molecule has 1 aliphatic heterocycles. The van der Waals surface area contributed by atoms with Gasteiger partial charge in [0.25, 0.3) is 5.55 Å². The molecule has 2 aromatic heterocycles. The van der Waals surface area contributed by atoms with Crippen molar-refractivity contribution in [1.82, 2.24) is 9.72 Å². The monoisotopic (exact) mass is 381 g/mol. The molecule has 27 heavy (non-hydrogen) atoms. The van der Waals surface area contributed by atoms with Gasteiger partial charge in [0.05, 0.1) is 23.4 Å². The summed E-state index contributed by atoms with van der Waals surface area (Å²) in [7, 11) is 0. The number of hydrogen-bond acceptors (Lipinski definition) is 5. The lowest BCUT2D eigenvalue weighted by molar-refractivity contribution is 0.117. The molecule has 1 aromatic carbocycles. The van der Waals surface area contributed by atoms with Crippen molar-refractivity contribution in [2.75, 3.05) is 0 Å². The van der Waals surface area contributed by atoms with Crippen LogP contribution < -0.4 is 15.6 Å². The van der Waals surface area contributed by atoms with E-state index in [-0.39, 0.29) is 6.04 Å². The molecule has 5 nitrogen and oxygen atoms in total. The van der Waals surface area contributed by atoms with Gasteiger partial charge in [-0.05, 0) is 30.0 Å². The zero-order valence-electron chi connectivity index (χ0n) is 15.2. The second-order valence-electron chi connectivity index (χ2n) is 7.46. The summed E-state index contributed by atoms with van der Waals surface area (Å²) in [6.45, 7) is 0.510. The summed E-state index contributed by atoms with van der Waals surface area (Å²) in [6, 6.07) is 8.69. The largest absolute Gasteiger partial charge is 0.487 e. The third-order valence-electron chi connectivity index (χ3n) is 5.64. The Morgan fingerprint density at radius 1 is 1.19 bits per heavy atom. The molecule has 1 saturated carbocycles. The van der Waals surface area contributed by atoms with E-state index in [0.29, 0.717) is 6.61 Å². The highest BCUT2D eigenvalue weighted by Crippen LogP contribution is 2.34. The van der Waals surface area contributed by atoms with E-state index in [0.717, 1.165) is 34.7 Å². The zero-order valence-corrected chi connectivity index (χ0v) is 16.0. The first kappa shape index (κ1) is 16.8. The van der Waals surface area contributed by atoms with E-state index in [1.54, 1.807) is 11.3 Å². The number of hydrogen-bond donors (Lipinski definition) is 0. The van der Waals surface area contributed by atoms with Crippen LogP contribution in [-0.4, -0.2) is 9.72 Å². The average Bonchev–Trinajstić information content (AvgIpc) is 3.22. The van der Waals surface area contributed by atoms with E-state index in [9.17, 15) is 0 Å². The number of thiazole rings is 1. The van der Waals surface area contributed by atoms with Gasteiger partial charge in [0.2, 0.25) is 0 Å². The van der Waals surface area contributed by atoms with Crippen LogP contribution in [0, 0.1) is 5.92 Å². The van der Waals surface area contributed by atoms with Gasteiger partial charge in [-0.2, -0.15) is 4.74 Å². The summed E-state index contributed by atoms with van der Waals surface area (Å²) >= 11 is 1.59. The molecule has 3 heterocycles. The minimum absolute atomic E-state index is 0.242. The summed E-state index contributed by atoms with van der Waals surface area (Å²) in [5, 5.41) is 3.15. The SMILES string of the molecule is C1=c2c(on2C(CC2CCCCC2)c2ccc(OCc3cscn3)cc2)=N1. The number of rotatable bonds is 7. The van der Waals surface area contributed by atoms with Crippen LogP contribution in [0.25, 0.3) is 6.20 Å². The summed E-state index contributed by atoms with van der Waals surface area (Å²) in [6.07, 6.45) is 9.79. The molecule has 5 rings (SSSR count). The minimum Gasteiger partial charge on any atom is -0.487 e. The molecule has 140 valence electrons. The number of benzene rings is 1. The van der Waals surface area contributed by atoms with Gasteiger partial charge in [0.1, 0.15) is 12.4 Å². The Hall–Kier alpha value is -2.34. The van der Waals surface area contributed by atoms with Crippen molar-refractivity contribution in [3.63, 3.8) is 0 Å². The Labute approximate surface area is 162 Å². The maximum absolute atomic E-state index is 5.85. The van der Waals surface area contributed by atoms with E-state index >= 15 is 0 Å². The van der Waals surface area contributed by atoms with Gasteiger partial charge >= 0.3 is 0 Å². The summed E-state index contributed by atoms with van der Waals surface area (Å²) in [5.74, 6) is 1.65. The first-order chi connectivity index (χ1) is 13.4. The summed E-state index contributed by atoms with van der Waals surface area (Å²) < 4.78 is 13.7. The molecule has 2 aliphatic rings. The van der Waals surface area contributed by atoms with E-state index < -0.39 is 0 Å². The molecule has 0 N–H and O–H groups in total. The lowest BCUT2D eigenvalue weighted by atomic mass is 9.83. The van der Waals surface area contributed by atoms with Gasteiger partial charge in [-0.1, -0.05) is 44.2 Å². The Balaban J connectivity index is 1.33. The van der Waals surface area contributed by atoms with E-state index in [1.165, 1.54) is 37.7 Å². The van der Waals surface area contributed by atoms with Crippen LogP contribution >= 0.6 is 11.3 Å². The maximum atomic E-state index is 5.85. The van der Waals surface area contributed by atoms with E-state index in [4.69, 9.17) is 9.26 Å². The Bertz CT molecular complexity index is 995. The second kappa shape index (κ2) is 7.35. The van der Waals surface area contributed by atoms with Crippen LogP contribution in [0.4, 0.5) is 0 Å². The fourth-order valence-electron chi connectivity index (χ4n) is 4.09. The Kier molecular flexibility index (Phi) is 4.57. The maximum Gasteiger partial charge on any atom is 0.274 e. The smallest absolute Gasteiger partial charge is 0.274 e. The molecule has 1 fully saturated rings. The third-order valence-corrected chi connectivity index (χ3v) is 6.28. The van der Waals surface area contributed by atoms with Gasteiger partial charge in [-0.3, -0.25) is 0 Å². The highest BCUT2D eigenvalue weighted by molar-refractivity contribution is 7.07. The molecule has 0 amide bonds. The minimum atomic E-state index is 0.242. The highest BCUT2D eigenvalue weighted by atomic mass is 32.1. The topological polar surface area (TPSA) is 52.5 Å².